The minimum atomic E-state index is -0.0644. The van der Waals surface area contributed by atoms with Crippen LogP contribution in [0.25, 0.3) is 0 Å². The van der Waals surface area contributed by atoms with Gasteiger partial charge >= 0.3 is 5.97 Å². The summed E-state index contributed by atoms with van der Waals surface area (Å²) in [6, 6.07) is 0. The molecule has 1 aromatic heterocycles. The highest BCUT2D eigenvalue weighted by Crippen LogP contribution is 2.19. The van der Waals surface area contributed by atoms with Crippen LogP contribution in [-0.2, 0) is 22.5 Å². The van der Waals surface area contributed by atoms with Crippen molar-refractivity contribution in [3.05, 3.63) is 12.2 Å². The zero-order valence-electron chi connectivity index (χ0n) is 17.1. The molecule has 2 heterocycles. The van der Waals surface area contributed by atoms with Crippen LogP contribution in [0.3, 0.4) is 0 Å². The number of aryl methyl sites for hydroxylation is 1. The van der Waals surface area contributed by atoms with E-state index in [0.29, 0.717) is 12.5 Å². The number of likely N-dealkylation sites (tertiary alicyclic amines) is 1. The van der Waals surface area contributed by atoms with Gasteiger partial charge in [0.25, 0.3) is 0 Å². The van der Waals surface area contributed by atoms with Crippen LogP contribution in [0.1, 0.15) is 46.4 Å². The van der Waals surface area contributed by atoms with Crippen molar-refractivity contribution in [3.63, 3.8) is 0 Å². The Balaban J connectivity index is 1.90. The monoisotopic (exact) mass is 378 g/mol. The number of ether oxygens (including phenoxy) is 1. The number of carbonyl (C=O) groups excluding carboxylic acids is 1. The lowest BCUT2D eigenvalue weighted by molar-refractivity contribution is -0.149. The largest absolute Gasteiger partial charge is 0.466 e. The van der Waals surface area contributed by atoms with Crippen LogP contribution >= 0.6 is 0 Å². The van der Waals surface area contributed by atoms with E-state index in [4.69, 9.17) is 9.73 Å². The first kappa shape index (κ1) is 21.2. The SMILES string of the molecule is CCOC(=O)C1CCN(C(=NCC(C)C)NCCn2cnnc2CC)CC1. The topological polar surface area (TPSA) is 84.6 Å². The van der Waals surface area contributed by atoms with Crippen molar-refractivity contribution in [1.29, 1.82) is 0 Å². The molecule has 1 aromatic rings. The average Bonchev–Trinajstić information content (AvgIpc) is 3.12. The van der Waals surface area contributed by atoms with Gasteiger partial charge in [0.1, 0.15) is 12.2 Å². The zero-order valence-corrected chi connectivity index (χ0v) is 17.1. The number of rotatable bonds is 8. The van der Waals surface area contributed by atoms with Gasteiger partial charge in [-0.2, -0.15) is 0 Å². The molecule has 0 radical (unpaired) electrons. The van der Waals surface area contributed by atoms with Crippen LogP contribution in [0.5, 0.6) is 0 Å². The summed E-state index contributed by atoms with van der Waals surface area (Å²) >= 11 is 0. The molecule has 2 rings (SSSR count). The van der Waals surface area contributed by atoms with Gasteiger partial charge in [-0.15, -0.1) is 10.2 Å². The lowest BCUT2D eigenvalue weighted by atomic mass is 9.97. The second-order valence-corrected chi connectivity index (χ2v) is 7.29. The molecule has 0 unspecified atom stereocenters. The molecule has 0 amide bonds. The van der Waals surface area contributed by atoms with E-state index < -0.39 is 0 Å². The number of hydrogen-bond acceptors (Lipinski definition) is 5. The summed E-state index contributed by atoms with van der Waals surface area (Å²) in [5, 5.41) is 11.6. The summed E-state index contributed by atoms with van der Waals surface area (Å²) in [4.78, 5) is 19.0. The summed E-state index contributed by atoms with van der Waals surface area (Å²) in [5.41, 5.74) is 0. The fourth-order valence-electron chi connectivity index (χ4n) is 3.15. The number of nitrogens with one attached hydrogen (secondary N) is 1. The predicted octanol–water partition coefficient (Wildman–Crippen LogP) is 1.72. The molecule has 27 heavy (non-hydrogen) atoms. The van der Waals surface area contributed by atoms with E-state index in [2.05, 4.69) is 45.8 Å². The molecule has 152 valence electrons. The third-order valence-electron chi connectivity index (χ3n) is 4.67. The minimum absolute atomic E-state index is 0.0108. The molecular weight excluding hydrogens is 344 g/mol. The maximum absolute atomic E-state index is 12.0. The third kappa shape index (κ3) is 6.52. The number of aliphatic imine (C=N–C) groups is 1. The Morgan fingerprint density at radius 1 is 1.37 bits per heavy atom. The van der Waals surface area contributed by atoms with E-state index in [-0.39, 0.29) is 11.9 Å². The van der Waals surface area contributed by atoms with Gasteiger partial charge in [0, 0.05) is 39.1 Å². The van der Waals surface area contributed by atoms with E-state index >= 15 is 0 Å². The highest BCUT2D eigenvalue weighted by atomic mass is 16.5. The van der Waals surface area contributed by atoms with Crippen LogP contribution < -0.4 is 5.32 Å². The van der Waals surface area contributed by atoms with Crippen LogP contribution in [0.15, 0.2) is 11.3 Å². The molecule has 0 aromatic carbocycles. The van der Waals surface area contributed by atoms with Crippen LogP contribution in [0.2, 0.25) is 0 Å². The number of hydrogen-bond donors (Lipinski definition) is 1. The molecule has 0 atom stereocenters. The molecule has 1 aliphatic heterocycles. The normalized spacial score (nSPS) is 16.0. The molecular formula is C19H34N6O2. The Hall–Kier alpha value is -2.12. The molecule has 0 bridgehead atoms. The van der Waals surface area contributed by atoms with E-state index in [1.807, 2.05) is 6.92 Å². The summed E-state index contributed by atoms with van der Waals surface area (Å²) in [5.74, 6) is 2.37. The van der Waals surface area contributed by atoms with Crippen LogP contribution in [0, 0.1) is 11.8 Å². The van der Waals surface area contributed by atoms with E-state index in [9.17, 15) is 4.79 Å². The smallest absolute Gasteiger partial charge is 0.309 e. The maximum atomic E-state index is 12.0. The van der Waals surface area contributed by atoms with Crippen LogP contribution in [-0.4, -0.2) is 64.4 Å². The molecule has 8 heteroatoms. The average molecular weight is 379 g/mol. The van der Waals surface area contributed by atoms with E-state index in [1.54, 1.807) is 6.33 Å². The molecule has 0 spiro atoms. The molecule has 8 nitrogen and oxygen atoms in total. The number of esters is 1. The number of carbonyl (C=O) groups is 1. The molecule has 1 N–H and O–H groups in total. The van der Waals surface area contributed by atoms with Gasteiger partial charge in [-0.3, -0.25) is 9.79 Å². The summed E-state index contributed by atoms with van der Waals surface area (Å²) in [6.07, 6.45) is 4.27. The quantitative estimate of drug-likeness (QED) is 0.421. The van der Waals surface area contributed by atoms with Crippen molar-refractivity contribution in [1.82, 2.24) is 25.0 Å². The molecule has 0 aliphatic carbocycles. The Morgan fingerprint density at radius 2 is 2.11 bits per heavy atom. The predicted molar refractivity (Wildman–Crippen MR) is 105 cm³/mol. The summed E-state index contributed by atoms with van der Waals surface area (Å²) in [7, 11) is 0. The minimum Gasteiger partial charge on any atom is -0.466 e. The number of guanidine groups is 1. The van der Waals surface area contributed by atoms with Gasteiger partial charge in [0.2, 0.25) is 0 Å². The van der Waals surface area contributed by atoms with Crippen molar-refractivity contribution in [2.24, 2.45) is 16.8 Å². The highest BCUT2D eigenvalue weighted by molar-refractivity contribution is 5.80. The Morgan fingerprint density at radius 3 is 2.74 bits per heavy atom. The second-order valence-electron chi connectivity index (χ2n) is 7.29. The second kappa shape index (κ2) is 10.9. The summed E-state index contributed by atoms with van der Waals surface area (Å²) in [6.45, 7) is 12.7. The zero-order chi connectivity index (χ0) is 19.6. The Labute approximate surface area is 162 Å². The lowest BCUT2D eigenvalue weighted by Gasteiger charge is -2.33. The van der Waals surface area contributed by atoms with Crippen molar-refractivity contribution in [2.45, 2.75) is 53.5 Å². The number of piperidine rings is 1. The van der Waals surface area contributed by atoms with Gasteiger partial charge < -0.3 is 19.5 Å². The summed E-state index contributed by atoms with van der Waals surface area (Å²) < 4.78 is 7.24. The van der Waals surface area contributed by atoms with Gasteiger partial charge in [-0.1, -0.05) is 20.8 Å². The van der Waals surface area contributed by atoms with Crippen molar-refractivity contribution >= 4 is 11.9 Å². The van der Waals surface area contributed by atoms with Crippen LogP contribution in [0.4, 0.5) is 0 Å². The molecule has 1 aliphatic rings. The highest BCUT2D eigenvalue weighted by Gasteiger charge is 2.27. The Kier molecular flexibility index (Phi) is 8.54. The first-order valence-electron chi connectivity index (χ1n) is 10.1. The fraction of sp³-hybridized carbons (Fsp3) is 0.789. The first-order valence-corrected chi connectivity index (χ1v) is 10.1. The molecule has 0 saturated carbocycles. The van der Waals surface area contributed by atoms with Gasteiger partial charge in [-0.25, -0.2) is 0 Å². The number of nitrogens with zero attached hydrogens (tertiary/aromatic N) is 5. The standard InChI is InChI=1S/C19H34N6O2/c1-5-17-23-22-14-25(17)12-9-20-19(21-13-15(3)4)24-10-7-16(8-11-24)18(26)27-6-2/h14-16H,5-13H2,1-4H3,(H,20,21). The maximum Gasteiger partial charge on any atom is 0.309 e. The number of aromatic nitrogens is 3. The third-order valence-corrected chi connectivity index (χ3v) is 4.67. The van der Waals surface area contributed by atoms with E-state index in [0.717, 1.165) is 63.8 Å². The fourth-order valence-corrected chi connectivity index (χ4v) is 3.15. The Bertz CT molecular complexity index is 605. The van der Waals surface area contributed by atoms with Crippen molar-refractivity contribution < 1.29 is 9.53 Å². The first-order chi connectivity index (χ1) is 13.0. The van der Waals surface area contributed by atoms with Crippen molar-refractivity contribution in [3.8, 4) is 0 Å². The van der Waals surface area contributed by atoms with Crippen molar-refractivity contribution in [2.75, 3.05) is 32.8 Å². The van der Waals surface area contributed by atoms with E-state index in [1.165, 1.54) is 0 Å². The lowest BCUT2D eigenvalue weighted by Crippen LogP contribution is -2.47. The van der Waals surface area contributed by atoms with Gasteiger partial charge in [-0.05, 0) is 25.7 Å². The molecule has 1 fully saturated rings. The molecule has 1 saturated heterocycles. The van der Waals surface area contributed by atoms with Gasteiger partial charge in [0.15, 0.2) is 5.96 Å². The van der Waals surface area contributed by atoms with Gasteiger partial charge in [0.05, 0.1) is 12.5 Å².